The fourth-order valence-corrected chi connectivity index (χ4v) is 3.24. The predicted octanol–water partition coefficient (Wildman–Crippen LogP) is 0.676. The lowest BCUT2D eigenvalue weighted by molar-refractivity contribution is 0.122. The van der Waals surface area contributed by atoms with E-state index in [1.165, 1.54) is 6.26 Å². The second-order valence-electron chi connectivity index (χ2n) is 5.11. The van der Waals surface area contributed by atoms with E-state index in [4.69, 9.17) is 10.5 Å². The molecule has 8 heteroatoms. The number of morpholine rings is 1. The molecule has 1 aromatic rings. The van der Waals surface area contributed by atoms with Crippen LogP contribution in [-0.2, 0) is 14.6 Å². The third-order valence-electron chi connectivity index (χ3n) is 3.57. The molecule has 1 aliphatic rings. The van der Waals surface area contributed by atoms with E-state index in [-0.39, 0.29) is 16.8 Å². The van der Waals surface area contributed by atoms with Gasteiger partial charge in [-0.25, -0.2) is 13.1 Å². The van der Waals surface area contributed by atoms with Gasteiger partial charge in [0.05, 0.1) is 19.3 Å². The first-order valence-corrected chi connectivity index (χ1v) is 8.66. The van der Waals surface area contributed by atoms with Crippen LogP contribution in [0.4, 0.5) is 11.6 Å². The SMILES string of the molecule is CCC(C)n1nc(N2CCOCC2)c(S(C)(=O)=O)c1N. The molecule has 2 rings (SSSR count). The molecule has 114 valence electrons. The third kappa shape index (κ3) is 2.76. The van der Waals surface area contributed by atoms with E-state index >= 15 is 0 Å². The standard InChI is InChI=1S/C12H22N4O3S/c1-4-9(2)16-11(13)10(20(3,17)18)12(14-16)15-5-7-19-8-6-15/h9H,4-8,13H2,1-3H3. The van der Waals surface area contributed by atoms with Crippen molar-refractivity contribution in [2.45, 2.75) is 31.2 Å². The Kier molecular flexibility index (Phi) is 4.24. The van der Waals surface area contributed by atoms with E-state index in [0.717, 1.165) is 6.42 Å². The molecule has 2 N–H and O–H groups in total. The number of aromatic nitrogens is 2. The summed E-state index contributed by atoms with van der Waals surface area (Å²) in [5.41, 5.74) is 6.04. The highest BCUT2D eigenvalue weighted by Gasteiger charge is 2.29. The number of nitrogens with two attached hydrogens (primary N) is 1. The molecule has 0 spiro atoms. The summed E-state index contributed by atoms with van der Waals surface area (Å²) in [6.07, 6.45) is 2.00. The van der Waals surface area contributed by atoms with Gasteiger partial charge in [0.2, 0.25) is 0 Å². The Morgan fingerprint density at radius 1 is 1.40 bits per heavy atom. The number of hydrogen-bond acceptors (Lipinski definition) is 6. The summed E-state index contributed by atoms with van der Waals surface area (Å²) < 4.78 is 31.0. The lowest BCUT2D eigenvalue weighted by Gasteiger charge is -2.27. The van der Waals surface area contributed by atoms with Gasteiger partial charge in [0.15, 0.2) is 20.6 Å². The Labute approximate surface area is 119 Å². The molecule has 1 unspecified atom stereocenters. The monoisotopic (exact) mass is 302 g/mol. The van der Waals surface area contributed by atoms with Crippen LogP contribution in [0.2, 0.25) is 0 Å². The van der Waals surface area contributed by atoms with E-state index in [1.54, 1.807) is 4.68 Å². The number of ether oxygens (including phenoxy) is 1. The van der Waals surface area contributed by atoms with Crippen LogP contribution >= 0.6 is 0 Å². The van der Waals surface area contributed by atoms with Crippen LogP contribution in [0.15, 0.2) is 4.90 Å². The molecular weight excluding hydrogens is 280 g/mol. The molecule has 1 aromatic heterocycles. The van der Waals surface area contributed by atoms with Gasteiger partial charge < -0.3 is 15.4 Å². The minimum atomic E-state index is -3.43. The van der Waals surface area contributed by atoms with Crippen molar-refractivity contribution in [3.63, 3.8) is 0 Å². The maximum absolute atomic E-state index is 12.1. The van der Waals surface area contributed by atoms with Crippen LogP contribution in [0, 0.1) is 0 Å². The van der Waals surface area contributed by atoms with Crippen LogP contribution in [-0.4, -0.2) is 50.8 Å². The van der Waals surface area contributed by atoms with E-state index in [1.807, 2.05) is 18.7 Å². The zero-order valence-corrected chi connectivity index (χ0v) is 13.0. The zero-order valence-electron chi connectivity index (χ0n) is 12.2. The summed E-state index contributed by atoms with van der Waals surface area (Å²) in [6.45, 7) is 6.37. The third-order valence-corrected chi connectivity index (χ3v) is 4.71. The van der Waals surface area contributed by atoms with Crippen molar-refractivity contribution in [2.75, 3.05) is 43.2 Å². The molecule has 20 heavy (non-hydrogen) atoms. The van der Waals surface area contributed by atoms with E-state index < -0.39 is 9.84 Å². The van der Waals surface area contributed by atoms with Crippen LogP contribution in [0.3, 0.4) is 0 Å². The van der Waals surface area contributed by atoms with Gasteiger partial charge in [-0.1, -0.05) is 6.92 Å². The molecular formula is C12H22N4O3S. The van der Waals surface area contributed by atoms with E-state index in [2.05, 4.69) is 5.10 Å². The molecule has 0 aromatic carbocycles. The Morgan fingerprint density at radius 3 is 2.50 bits per heavy atom. The topological polar surface area (TPSA) is 90.5 Å². The van der Waals surface area contributed by atoms with Gasteiger partial charge in [0, 0.05) is 19.3 Å². The number of sulfone groups is 1. The molecule has 0 bridgehead atoms. The van der Waals surface area contributed by atoms with Crippen LogP contribution in [0.1, 0.15) is 26.3 Å². The molecule has 1 aliphatic heterocycles. The Balaban J connectivity index is 2.54. The van der Waals surface area contributed by atoms with Crippen molar-refractivity contribution in [3.05, 3.63) is 0 Å². The second kappa shape index (κ2) is 5.61. The van der Waals surface area contributed by atoms with Crippen molar-refractivity contribution in [1.29, 1.82) is 0 Å². The molecule has 1 saturated heterocycles. The fraction of sp³-hybridized carbons (Fsp3) is 0.750. The van der Waals surface area contributed by atoms with Gasteiger partial charge in [0.1, 0.15) is 5.82 Å². The molecule has 0 radical (unpaired) electrons. The highest BCUT2D eigenvalue weighted by Crippen LogP contribution is 2.32. The summed E-state index contributed by atoms with van der Waals surface area (Å²) in [5, 5.41) is 4.45. The molecule has 0 saturated carbocycles. The maximum Gasteiger partial charge on any atom is 0.182 e. The van der Waals surface area contributed by atoms with Gasteiger partial charge in [-0.2, -0.15) is 5.10 Å². The van der Waals surface area contributed by atoms with Crippen molar-refractivity contribution in [3.8, 4) is 0 Å². The van der Waals surface area contributed by atoms with E-state index in [9.17, 15) is 8.42 Å². The first-order valence-electron chi connectivity index (χ1n) is 6.77. The quantitative estimate of drug-likeness (QED) is 0.879. The van der Waals surface area contributed by atoms with Gasteiger partial charge in [-0.3, -0.25) is 0 Å². The van der Waals surface area contributed by atoms with Crippen molar-refractivity contribution in [2.24, 2.45) is 0 Å². The second-order valence-corrected chi connectivity index (χ2v) is 7.06. The Bertz CT molecular complexity index is 576. The first kappa shape index (κ1) is 15.1. The molecule has 1 fully saturated rings. The normalized spacial score (nSPS) is 18.2. The fourth-order valence-electron chi connectivity index (χ4n) is 2.27. The molecule has 1 atom stereocenters. The summed E-state index contributed by atoms with van der Waals surface area (Å²) in [6, 6.07) is 0.0605. The number of hydrogen-bond donors (Lipinski definition) is 1. The minimum Gasteiger partial charge on any atom is -0.383 e. The number of nitrogens with zero attached hydrogens (tertiary/aromatic N) is 3. The lowest BCUT2D eigenvalue weighted by atomic mass is 10.3. The highest BCUT2D eigenvalue weighted by molar-refractivity contribution is 7.91. The average Bonchev–Trinajstić information content (AvgIpc) is 2.76. The predicted molar refractivity (Wildman–Crippen MR) is 77.8 cm³/mol. The van der Waals surface area contributed by atoms with Crippen molar-refractivity contribution in [1.82, 2.24) is 9.78 Å². The van der Waals surface area contributed by atoms with Crippen LogP contribution < -0.4 is 10.6 Å². The number of rotatable bonds is 4. The summed E-state index contributed by atoms with van der Waals surface area (Å²) in [5.74, 6) is 0.678. The largest absolute Gasteiger partial charge is 0.383 e. The van der Waals surface area contributed by atoms with E-state index in [0.29, 0.717) is 32.1 Å². The molecule has 2 heterocycles. The lowest BCUT2D eigenvalue weighted by Crippen LogP contribution is -2.37. The number of nitrogen functional groups attached to an aromatic ring is 1. The van der Waals surface area contributed by atoms with Crippen LogP contribution in [0.5, 0.6) is 0 Å². The zero-order chi connectivity index (χ0) is 14.9. The summed E-state index contributed by atoms with van der Waals surface area (Å²) >= 11 is 0. The van der Waals surface area contributed by atoms with Crippen LogP contribution in [0.25, 0.3) is 0 Å². The summed E-state index contributed by atoms with van der Waals surface area (Å²) in [4.78, 5) is 2.06. The molecule has 0 aliphatic carbocycles. The minimum absolute atomic E-state index is 0.0605. The summed E-state index contributed by atoms with van der Waals surface area (Å²) in [7, 11) is -3.43. The van der Waals surface area contributed by atoms with Crippen molar-refractivity contribution >= 4 is 21.5 Å². The van der Waals surface area contributed by atoms with Gasteiger partial charge >= 0.3 is 0 Å². The highest BCUT2D eigenvalue weighted by atomic mass is 32.2. The number of anilines is 2. The maximum atomic E-state index is 12.1. The Morgan fingerprint density at radius 2 is 2.00 bits per heavy atom. The van der Waals surface area contributed by atoms with Gasteiger partial charge in [0.25, 0.3) is 0 Å². The molecule has 0 amide bonds. The Hall–Kier alpha value is -1.28. The van der Waals surface area contributed by atoms with Gasteiger partial charge in [-0.15, -0.1) is 0 Å². The molecule has 7 nitrogen and oxygen atoms in total. The van der Waals surface area contributed by atoms with Crippen molar-refractivity contribution < 1.29 is 13.2 Å². The smallest absolute Gasteiger partial charge is 0.182 e. The first-order chi connectivity index (χ1) is 9.36. The van der Waals surface area contributed by atoms with Gasteiger partial charge in [-0.05, 0) is 13.3 Å². The average molecular weight is 302 g/mol.